The van der Waals surface area contributed by atoms with Crippen molar-refractivity contribution in [3.05, 3.63) is 35.4 Å². The third-order valence-electron chi connectivity index (χ3n) is 6.72. The summed E-state index contributed by atoms with van der Waals surface area (Å²) in [5.41, 5.74) is 2.53. The van der Waals surface area contributed by atoms with Crippen LogP contribution in [0, 0.1) is 12.3 Å². The van der Waals surface area contributed by atoms with Gasteiger partial charge in [0.05, 0.1) is 0 Å². The largest absolute Gasteiger partial charge is 0.490 e. The zero-order valence-corrected chi connectivity index (χ0v) is 17.2. The zero-order valence-electron chi connectivity index (χ0n) is 17.2. The highest BCUT2D eigenvalue weighted by Gasteiger charge is 2.48. The zero-order chi connectivity index (χ0) is 21.9. The van der Waals surface area contributed by atoms with E-state index in [0.29, 0.717) is 5.41 Å². The molecule has 5 nitrogen and oxygen atoms in total. The van der Waals surface area contributed by atoms with Gasteiger partial charge in [-0.2, -0.15) is 13.2 Å². The summed E-state index contributed by atoms with van der Waals surface area (Å²) in [4.78, 5) is 26.4. The lowest BCUT2D eigenvalue weighted by atomic mass is 9.60. The summed E-state index contributed by atoms with van der Waals surface area (Å²) in [5.74, 6) is -2.53. The van der Waals surface area contributed by atoms with Crippen molar-refractivity contribution in [3.8, 4) is 0 Å². The summed E-state index contributed by atoms with van der Waals surface area (Å²) in [6.45, 7) is 6.56. The summed E-state index contributed by atoms with van der Waals surface area (Å²) in [6.07, 6.45) is 2.85. The summed E-state index contributed by atoms with van der Waals surface area (Å²) in [6, 6.07) is 8.82. The molecule has 1 N–H and O–H groups in total. The molecular formula is C22H29F3N2O3. The Morgan fingerprint density at radius 3 is 2.07 bits per heavy atom. The molecule has 1 aromatic carbocycles. The van der Waals surface area contributed by atoms with Gasteiger partial charge in [0.2, 0.25) is 0 Å². The minimum Gasteiger partial charge on any atom is -0.475 e. The first-order valence-electron chi connectivity index (χ1n) is 10.5. The second-order valence-electron chi connectivity index (χ2n) is 8.72. The van der Waals surface area contributed by atoms with Crippen LogP contribution in [-0.4, -0.2) is 65.2 Å². The fourth-order valence-corrected chi connectivity index (χ4v) is 4.88. The number of aliphatic carboxylic acids is 1. The van der Waals surface area contributed by atoms with Crippen LogP contribution in [0.25, 0.3) is 0 Å². The second-order valence-corrected chi connectivity index (χ2v) is 8.72. The van der Waals surface area contributed by atoms with Crippen LogP contribution in [0.3, 0.4) is 0 Å². The number of alkyl halides is 3. The molecule has 0 atom stereocenters. The van der Waals surface area contributed by atoms with Crippen LogP contribution in [0.2, 0.25) is 0 Å². The Labute approximate surface area is 174 Å². The molecule has 2 heterocycles. The molecule has 0 bridgehead atoms. The number of carboxylic acids is 1. The molecule has 1 aromatic rings. The van der Waals surface area contributed by atoms with Gasteiger partial charge in [0.1, 0.15) is 0 Å². The Morgan fingerprint density at radius 2 is 1.57 bits per heavy atom. The normalized spacial score (nSPS) is 21.7. The quantitative estimate of drug-likeness (QED) is 0.773. The Morgan fingerprint density at radius 1 is 1.03 bits per heavy atom. The first kappa shape index (κ1) is 22.6. The highest BCUT2D eigenvalue weighted by molar-refractivity contribution is 5.95. The van der Waals surface area contributed by atoms with Crippen LogP contribution in [0.1, 0.15) is 54.4 Å². The molecule has 0 aromatic heterocycles. The molecule has 2 saturated heterocycles. The molecule has 8 heteroatoms. The lowest BCUT2D eigenvalue weighted by Crippen LogP contribution is -2.55. The maximum absolute atomic E-state index is 12.7. The number of carbonyl (C=O) groups is 2. The number of hydrogen-bond donors (Lipinski definition) is 1. The molecule has 166 valence electrons. The van der Waals surface area contributed by atoms with Gasteiger partial charge in [0.15, 0.2) is 0 Å². The molecular weight excluding hydrogens is 397 g/mol. The third-order valence-corrected chi connectivity index (χ3v) is 6.72. The SMILES string of the molecule is Cc1ccccc1C(=O)N1CCC2(CC1)CC(N1CCCC1)C2.O=C(O)C(F)(F)F. The van der Waals surface area contributed by atoms with Crippen molar-refractivity contribution in [3.63, 3.8) is 0 Å². The van der Waals surface area contributed by atoms with Crippen molar-refractivity contribution in [1.29, 1.82) is 0 Å². The van der Waals surface area contributed by atoms with Crippen LogP contribution in [-0.2, 0) is 4.79 Å². The van der Waals surface area contributed by atoms with E-state index in [4.69, 9.17) is 9.90 Å². The van der Waals surface area contributed by atoms with E-state index in [2.05, 4.69) is 9.80 Å². The summed E-state index contributed by atoms with van der Waals surface area (Å²) < 4.78 is 31.7. The average Bonchev–Trinajstić information content (AvgIpc) is 3.20. The minimum absolute atomic E-state index is 0.230. The molecule has 1 amide bonds. The average molecular weight is 426 g/mol. The van der Waals surface area contributed by atoms with Crippen molar-refractivity contribution in [2.24, 2.45) is 5.41 Å². The number of hydrogen-bond acceptors (Lipinski definition) is 3. The second kappa shape index (κ2) is 8.96. The molecule has 4 rings (SSSR count). The van der Waals surface area contributed by atoms with Crippen LogP contribution in [0.4, 0.5) is 13.2 Å². The van der Waals surface area contributed by atoms with Crippen LogP contribution >= 0.6 is 0 Å². The van der Waals surface area contributed by atoms with E-state index in [1.165, 1.54) is 51.6 Å². The maximum Gasteiger partial charge on any atom is 0.490 e. The van der Waals surface area contributed by atoms with E-state index >= 15 is 0 Å². The Bertz CT molecular complexity index is 759. The number of carboxylic acid groups (broad SMARTS) is 1. The number of aryl methyl sites for hydroxylation is 1. The van der Waals surface area contributed by atoms with Gasteiger partial charge in [-0.3, -0.25) is 4.79 Å². The Balaban J connectivity index is 0.000000318. The van der Waals surface area contributed by atoms with Crippen molar-refractivity contribution >= 4 is 11.9 Å². The maximum atomic E-state index is 12.7. The van der Waals surface area contributed by atoms with E-state index in [1.807, 2.05) is 31.2 Å². The number of carbonyl (C=O) groups excluding carboxylic acids is 1. The predicted octanol–water partition coefficient (Wildman–Crippen LogP) is 4.11. The first-order valence-corrected chi connectivity index (χ1v) is 10.5. The third kappa shape index (κ3) is 5.14. The van der Waals surface area contributed by atoms with Gasteiger partial charge >= 0.3 is 12.1 Å². The lowest BCUT2D eigenvalue weighted by Gasteiger charge is -2.54. The van der Waals surface area contributed by atoms with Gasteiger partial charge < -0.3 is 14.9 Å². The topological polar surface area (TPSA) is 60.9 Å². The van der Waals surface area contributed by atoms with Gasteiger partial charge in [0, 0.05) is 24.7 Å². The number of piperidine rings is 1. The number of rotatable bonds is 2. The number of amides is 1. The van der Waals surface area contributed by atoms with Crippen molar-refractivity contribution < 1.29 is 27.9 Å². The number of benzene rings is 1. The fraction of sp³-hybridized carbons (Fsp3) is 0.636. The molecule has 0 unspecified atom stereocenters. The van der Waals surface area contributed by atoms with Crippen LogP contribution < -0.4 is 0 Å². The molecule has 1 aliphatic carbocycles. The molecule has 0 radical (unpaired) electrons. The van der Waals surface area contributed by atoms with Gasteiger partial charge in [-0.15, -0.1) is 0 Å². The number of nitrogens with zero attached hydrogens (tertiary/aromatic N) is 2. The first-order chi connectivity index (χ1) is 14.1. The standard InChI is InChI=1S/C20H28N2O.C2HF3O2/c1-16-6-2-3-7-18(16)19(23)22-12-8-20(9-13-22)14-17(15-20)21-10-4-5-11-21;3-2(4,5)1(6)7/h2-3,6-7,17H,4-5,8-15H2,1H3;(H,6,7). The lowest BCUT2D eigenvalue weighted by molar-refractivity contribution is -0.192. The summed E-state index contributed by atoms with van der Waals surface area (Å²) >= 11 is 0. The summed E-state index contributed by atoms with van der Waals surface area (Å²) in [5, 5.41) is 7.12. The van der Waals surface area contributed by atoms with Crippen molar-refractivity contribution in [2.45, 2.75) is 57.7 Å². The number of likely N-dealkylation sites (tertiary alicyclic amines) is 2. The van der Waals surface area contributed by atoms with Gasteiger partial charge in [-0.1, -0.05) is 18.2 Å². The smallest absolute Gasteiger partial charge is 0.475 e. The Kier molecular flexibility index (Phi) is 6.75. The van der Waals surface area contributed by atoms with Gasteiger partial charge in [-0.25, -0.2) is 4.79 Å². The predicted molar refractivity (Wildman–Crippen MR) is 106 cm³/mol. The van der Waals surface area contributed by atoms with Crippen molar-refractivity contribution in [1.82, 2.24) is 9.80 Å². The van der Waals surface area contributed by atoms with Crippen LogP contribution in [0.15, 0.2) is 24.3 Å². The van der Waals surface area contributed by atoms with Crippen LogP contribution in [0.5, 0.6) is 0 Å². The Hall–Kier alpha value is -2.09. The number of halogens is 3. The fourth-order valence-electron chi connectivity index (χ4n) is 4.88. The van der Waals surface area contributed by atoms with Crippen molar-refractivity contribution in [2.75, 3.05) is 26.2 Å². The van der Waals surface area contributed by atoms with Gasteiger partial charge in [-0.05, 0) is 75.6 Å². The van der Waals surface area contributed by atoms with E-state index in [0.717, 1.165) is 30.3 Å². The molecule has 2 aliphatic heterocycles. The molecule has 3 aliphatic rings. The molecule has 1 saturated carbocycles. The highest BCUT2D eigenvalue weighted by atomic mass is 19.4. The van der Waals surface area contributed by atoms with E-state index in [-0.39, 0.29) is 5.91 Å². The molecule has 3 fully saturated rings. The van der Waals surface area contributed by atoms with E-state index in [9.17, 15) is 18.0 Å². The molecule has 1 spiro atoms. The minimum atomic E-state index is -5.08. The monoisotopic (exact) mass is 426 g/mol. The highest BCUT2D eigenvalue weighted by Crippen LogP contribution is 2.51. The van der Waals surface area contributed by atoms with E-state index < -0.39 is 12.1 Å². The molecule has 30 heavy (non-hydrogen) atoms. The van der Waals surface area contributed by atoms with Gasteiger partial charge in [0.25, 0.3) is 5.91 Å². The van der Waals surface area contributed by atoms with E-state index in [1.54, 1.807) is 0 Å². The summed E-state index contributed by atoms with van der Waals surface area (Å²) in [7, 11) is 0.